The normalized spacial score (nSPS) is 11.2. The summed E-state index contributed by atoms with van der Waals surface area (Å²) in [5, 5.41) is 22.9. The lowest BCUT2D eigenvalue weighted by atomic mass is 10.0. The molecule has 6 N–H and O–H groups in total. The van der Waals surface area contributed by atoms with Gasteiger partial charge in [0.05, 0.1) is 13.2 Å². The van der Waals surface area contributed by atoms with Crippen LogP contribution in [0, 0.1) is 5.41 Å². The fourth-order valence-electron chi connectivity index (χ4n) is 3.58. The van der Waals surface area contributed by atoms with Crippen molar-refractivity contribution in [3.05, 3.63) is 93.9 Å². The van der Waals surface area contributed by atoms with Crippen molar-refractivity contribution in [1.29, 1.82) is 5.41 Å². The van der Waals surface area contributed by atoms with Crippen LogP contribution >= 0.6 is 0 Å². The van der Waals surface area contributed by atoms with Crippen molar-refractivity contribution in [2.75, 3.05) is 19.0 Å². The first kappa shape index (κ1) is 28.5. The van der Waals surface area contributed by atoms with Crippen molar-refractivity contribution in [1.82, 2.24) is 24.7 Å². The van der Waals surface area contributed by atoms with Crippen LogP contribution in [-0.2, 0) is 16.1 Å². The predicted molar refractivity (Wildman–Crippen MR) is 144 cm³/mol. The Morgan fingerprint density at radius 3 is 2.46 bits per heavy atom. The van der Waals surface area contributed by atoms with Gasteiger partial charge in [-0.15, -0.1) is 9.78 Å². The van der Waals surface area contributed by atoms with Gasteiger partial charge in [-0.05, 0) is 60.5 Å². The zero-order valence-electron chi connectivity index (χ0n) is 21.7. The Kier molecular flexibility index (Phi) is 9.87. The zero-order valence-corrected chi connectivity index (χ0v) is 21.7. The van der Waals surface area contributed by atoms with E-state index in [1.807, 2.05) is 37.3 Å². The van der Waals surface area contributed by atoms with Gasteiger partial charge in [0.15, 0.2) is 5.82 Å². The number of ether oxygens (including phenoxy) is 2. The number of nitrogens with two attached hydrogens (primary N) is 1. The summed E-state index contributed by atoms with van der Waals surface area (Å²) >= 11 is 0. The first-order valence-corrected chi connectivity index (χ1v) is 11.8. The van der Waals surface area contributed by atoms with E-state index in [-0.39, 0.29) is 11.8 Å². The molecule has 0 fully saturated rings. The Labute approximate surface area is 224 Å². The number of nitrogens with one attached hydrogen (secondary N) is 3. The van der Waals surface area contributed by atoms with Gasteiger partial charge in [0.2, 0.25) is 0 Å². The van der Waals surface area contributed by atoms with Crippen molar-refractivity contribution in [3.63, 3.8) is 0 Å². The number of anilines is 1. The zero-order chi connectivity index (χ0) is 28.4. The van der Waals surface area contributed by atoms with Gasteiger partial charge in [-0.3, -0.25) is 15.2 Å². The van der Waals surface area contributed by atoms with Crippen LogP contribution in [0.5, 0.6) is 5.75 Å². The van der Waals surface area contributed by atoms with Gasteiger partial charge in [0, 0.05) is 37.7 Å². The summed E-state index contributed by atoms with van der Waals surface area (Å²) < 4.78 is 12.2. The van der Waals surface area contributed by atoms with Gasteiger partial charge < -0.3 is 25.6 Å². The number of rotatable bonds is 10. The number of aliphatic carboxylic acids is 1. The molecule has 13 heteroatoms. The smallest absolute Gasteiger partial charge is 0.350 e. The number of nitrogen functional groups attached to an aromatic ring is 1. The fraction of sp³-hybridized carbons (Fsp3) is 0.231. The molecule has 0 aliphatic rings. The highest BCUT2D eigenvalue weighted by Crippen LogP contribution is 2.29. The number of carboxylic acid groups (broad SMARTS) is 1. The largest absolute Gasteiger partial charge is 0.494 e. The fourth-order valence-corrected chi connectivity index (χ4v) is 3.58. The third kappa shape index (κ3) is 7.97. The molecule has 204 valence electrons. The number of carboxylic acids is 1. The Bertz CT molecular complexity index is 1420. The summed E-state index contributed by atoms with van der Waals surface area (Å²) in [7, 11) is 1.62. The Morgan fingerprint density at radius 1 is 1.21 bits per heavy atom. The molecule has 1 unspecified atom stereocenters. The standard InChI is InChI=1S/C24H26N8O3.C2H4O2/c1-3-35-19-12-15(14-34-2)11-17(13-19)20(29-18-7-5-16(6-8-18)21(25)26)22-30-24(33)32(31-22)23-27-9-4-10-28-23;1-2(3)4/h4-13,20,29H,3,14H2,1-2H3,(H3,25,26)(H,30,31,33);1H3,(H,3,4). The number of nitrogens with zero attached hydrogens (tertiary/aromatic N) is 4. The van der Waals surface area contributed by atoms with Gasteiger partial charge in [0.1, 0.15) is 17.6 Å². The Hall–Kier alpha value is -5.04. The molecule has 2 heterocycles. The second-order valence-corrected chi connectivity index (χ2v) is 8.14. The first-order valence-electron chi connectivity index (χ1n) is 11.8. The minimum absolute atomic E-state index is 0.0207. The minimum atomic E-state index is -0.833. The Balaban J connectivity index is 0.000000983. The maximum Gasteiger partial charge on any atom is 0.350 e. The van der Waals surface area contributed by atoms with Crippen LogP contribution in [0.2, 0.25) is 0 Å². The van der Waals surface area contributed by atoms with E-state index in [0.29, 0.717) is 30.4 Å². The van der Waals surface area contributed by atoms with E-state index in [4.69, 9.17) is 30.5 Å². The van der Waals surface area contributed by atoms with E-state index < -0.39 is 17.7 Å². The number of amidine groups is 1. The monoisotopic (exact) mass is 534 g/mol. The summed E-state index contributed by atoms with van der Waals surface area (Å²) in [4.78, 5) is 32.8. The molecule has 0 radical (unpaired) electrons. The molecule has 2 aromatic heterocycles. The van der Waals surface area contributed by atoms with Crippen LogP contribution in [0.15, 0.2) is 65.7 Å². The molecule has 4 rings (SSSR count). The average Bonchev–Trinajstić information content (AvgIpc) is 3.29. The Morgan fingerprint density at radius 2 is 1.87 bits per heavy atom. The lowest BCUT2D eigenvalue weighted by molar-refractivity contribution is -0.134. The van der Waals surface area contributed by atoms with Crippen LogP contribution < -0.4 is 21.5 Å². The number of aromatic nitrogens is 5. The summed E-state index contributed by atoms with van der Waals surface area (Å²) in [5.74, 6) is 0.333. The number of aromatic amines is 1. The third-order valence-corrected chi connectivity index (χ3v) is 5.10. The molecule has 0 saturated carbocycles. The molecule has 0 aliphatic carbocycles. The maximum atomic E-state index is 12.7. The van der Waals surface area contributed by atoms with Gasteiger partial charge >= 0.3 is 5.69 Å². The van der Waals surface area contributed by atoms with Crippen LogP contribution in [0.1, 0.15) is 42.4 Å². The third-order valence-electron chi connectivity index (χ3n) is 5.10. The molecule has 0 saturated heterocycles. The number of H-pyrrole nitrogens is 1. The van der Waals surface area contributed by atoms with Crippen molar-refractivity contribution < 1.29 is 19.4 Å². The predicted octanol–water partition coefficient (Wildman–Crippen LogP) is 2.47. The van der Waals surface area contributed by atoms with E-state index in [1.54, 1.807) is 25.3 Å². The quantitative estimate of drug-likeness (QED) is 0.149. The van der Waals surface area contributed by atoms with E-state index >= 15 is 0 Å². The van der Waals surface area contributed by atoms with Crippen LogP contribution in [0.3, 0.4) is 0 Å². The van der Waals surface area contributed by atoms with E-state index in [9.17, 15) is 4.79 Å². The molecule has 39 heavy (non-hydrogen) atoms. The van der Waals surface area contributed by atoms with Crippen molar-refractivity contribution in [2.24, 2.45) is 5.73 Å². The highest BCUT2D eigenvalue weighted by atomic mass is 16.5. The molecule has 0 amide bonds. The van der Waals surface area contributed by atoms with Gasteiger partial charge in [-0.2, -0.15) is 0 Å². The molecule has 0 aliphatic heterocycles. The van der Waals surface area contributed by atoms with E-state index in [0.717, 1.165) is 28.4 Å². The number of benzene rings is 2. The first-order chi connectivity index (χ1) is 18.7. The topological polar surface area (TPSA) is 194 Å². The second kappa shape index (κ2) is 13.5. The number of hydrogen-bond acceptors (Lipinski definition) is 9. The van der Waals surface area contributed by atoms with Crippen LogP contribution in [0.4, 0.5) is 5.69 Å². The molecule has 13 nitrogen and oxygen atoms in total. The van der Waals surface area contributed by atoms with Crippen molar-refractivity contribution in [2.45, 2.75) is 26.5 Å². The number of carbonyl (C=O) groups is 1. The summed E-state index contributed by atoms with van der Waals surface area (Å²) in [6.07, 6.45) is 3.08. The van der Waals surface area contributed by atoms with Gasteiger partial charge in [-0.1, -0.05) is 6.07 Å². The van der Waals surface area contributed by atoms with Crippen molar-refractivity contribution in [3.8, 4) is 11.7 Å². The second-order valence-electron chi connectivity index (χ2n) is 8.14. The van der Waals surface area contributed by atoms with Crippen LogP contribution in [-0.4, -0.2) is 55.4 Å². The van der Waals surface area contributed by atoms with Gasteiger partial charge in [-0.25, -0.2) is 14.8 Å². The summed E-state index contributed by atoms with van der Waals surface area (Å²) in [5.41, 5.74) is 8.16. The molecule has 4 aromatic rings. The summed E-state index contributed by atoms with van der Waals surface area (Å²) in [6, 6.07) is 14.0. The highest BCUT2D eigenvalue weighted by molar-refractivity contribution is 5.95. The molecule has 0 spiro atoms. The van der Waals surface area contributed by atoms with E-state index in [2.05, 4.69) is 25.4 Å². The van der Waals surface area contributed by atoms with Gasteiger partial charge in [0.25, 0.3) is 11.9 Å². The minimum Gasteiger partial charge on any atom is -0.494 e. The number of hydrogen-bond donors (Lipinski definition) is 5. The summed E-state index contributed by atoms with van der Waals surface area (Å²) in [6.45, 7) is 3.88. The molecule has 2 aromatic carbocycles. The maximum absolute atomic E-state index is 12.7. The highest BCUT2D eigenvalue weighted by Gasteiger charge is 2.22. The molecular weight excluding hydrogens is 504 g/mol. The molecule has 0 bridgehead atoms. The number of methoxy groups -OCH3 is 1. The van der Waals surface area contributed by atoms with Crippen molar-refractivity contribution >= 4 is 17.5 Å². The lowest BCUT2D eigenvalue weighted by Gasteiger charge is -2.20. The average molecular weight is 535 g/mol. The van der Waals surface area contributed by atoms with E-state index in [1.165, 1.54) is 12.4 Å². The van der Waals surface area contributed by atoms with Crippen LogP contribution in [0.25, 0.3) is 5.95 Å². The SMILES string of the molecule is CC(=O)O.CCOc1cc(COC)cc(C(Nc2ccc(C(=N)N)cc2)c2nn(-c3ncccn3)c(=O)[nH]2)c1. The molecule has 1 atom stereocenters. The molecular formula is C26H30N8O5. The lowest BCUT2D eigenvalue weighted by Crippen LogP contribution is -2.18.